The Morgan fingerprint density at radius 2 is 2.18 bits per heavy atom. The lowest BCUT2D eigenvalue weighted by Gasteiger charge is -2.18. The number of ether oxygens (including phenoxy) is 1. The lowest BCUT2D eigenvalue weighted by molar-refractivity contribution is -0.116. The van der Waals surface area contributed by atoms with E-state index in [1.54, 1.807) is 11.6 Å². The molecule has 0 unspecified atom stereocenters. The maximum Gasteiger partial charge on any atom is 0.341 e. The van der Waals surface area contributed by atoms with Crippen molar-refractivity contribution < 1.29 is 14.3 Å². The fourth-order valence-corrected chi connectivity index (χ4v) is 5.01. The zero-order valence-corrected chi connectivity index (χ0v) is 16.7. The van der Waals surface area contributed by atoms with Crippen molar-refractivity contribution in [2.45, 2.75) is 39.7 Å². The fourth-order valence-electron chi connectivity index (χ4n) is 3.59. The lowest BCUT2D eigenvalue weighted by Crippen LogP contribution is -2.21. The molecule has 0 spiro atoms. The van der Waals surface area contributed by atoms with E-state index in [1.165, 1.54) is 16.2 Å². The standard InChI is InChI=1S/C20H22N4O3S/c1-3-27-20(26)18-13-9-8-12(2)10-16(13)28-19(18)21-17(25)11-24-15-7-5-4-6-14(15)22-23-24/h4-7,12H,3,8-11H2,1-2H3,(H,21,25)/t12-/m1/s1. The van der Waals surface area contributed by atoms with Gasteiger partial charge in [0.05, 0.1) is 17.7 Å². The number of amides is 1. The second-order valence-electron chi connectivity index (χ2n) is 7.06. The van der Waals surface area contributed by atoms with Crippen LogP contribution in [-0.2, 0) is 28.9 Å². The highest BCUT2D eigenvalue weighted by Gasteiger charge is 2.29. The molecule has 0 bridgehead atoms. The summed E-state index contributed by atoms with van der Waals surface area (Å²) >= 11 is 1.49. The van der Waals surface area contributed by atoms with Crippen molar-refractivity contribution in [2.24, 2.45) is 5.92 Å². The van der Waals surface area contributed by atoms with Gasteiger partial charge in [0, 0.05) is 4.88 Å². The Morgan fingerprint density at radius 1 is 1.36 bits per heavy atom. The van der Waals surface area contributed by atoms with E-state index in [2.05, 4.69) is 22.6 Å². The first-order valence-electron chi connectivity index (χ1n) is 9.46. The predicted molar refractivity (Wildman–Crippen MR) is 108 cm³/mol. The van der Waals surface area contributed by atoms with Crippen molar-refractivity contribution in [1.82, 2.24) is 15.0 Å². The minimum atomic E-state index is -0.365. The summed E-state index contributed by atoms with van der Waals surface area (Å²) in [4.78, 5) is 26.4. The molecular weight excluding hydrogens is 376 g/mol. The third kappa shape index (κ3) is 3.52. The first-order valence-corrected chi connectivity index (χ1v) is 10.3. The van der Waals surface area contributed by atoms with Crippen molar-refractivity contribution in [3.05, 3.63) is 40.3 Å². The molecule has 7 nitrogen and oxygen atoms in total. The molecule has 1 N–H and O–H groups in total. The molecule has 1 aliphatic rings. The van der Waals surface area contributed by atoms with Gasteiger partial charge in [-0.25, -0.2) is 9.48 Å². The number of carbonyl (C=O) groups excluding carboxylic acids is 2. The number of fused-ring (bicyclic) bond motifs is 2. The predicted octanol–water partition coefficient (Wildman–Crippen LogP) is 3.43. The number of thiophene rings is 1. The van der Waals surface area contributed by atoms with Crippen molar-refractivity contribution in [1.29, 1.82) is 0 Å². The Bertz CT molecular complexity index is 1040. The zero-order valence-electron chi connectivity index (χ0n) is 15.9. The number of hydrogen-bond donors (Lipinski definition) is 1. The van der Waals surface area contributed by atoms with E-state index in [0.29, 0.717) is 23.1 Å². The quantitative estimate of drug-likeness (QED) is 0.666. The van der Waals surface area contributed by atoms with Crippen LogP contribution in [0.25, 0.3) is 11.0 Å². The molecule has 1 atom stereocenters. The molecule has 0 saturated carbocycles. The minimum Gasteiger partial charge on any atom is -0.462 e. The number of carbonyl (C=O) groups is 2. The van der Waals surface area contributed by atoms with Crippen LogP contribution in [0.5, 0.6) is 0 Å². The van der Waals surface area contributed by atoms with Crippen LogP contribution >= 0.6 is 11.3 Å². The Kier molecular flexibility index (Phi) is 5.13. The van der Waals surface area contributed by atoms with Crippen LogP contribution in [-0.4, -0.2) is 33.5 Å². The first kappa shape index (κ1) is 18.6. The van der Waals surface area contributed by atoms with Gasteiger partial charge in [0.1, 0.15) is 17.1 Å². The highest BCUT2D eigenvalue weighted by Crippen LogP contribution is 2.40. The summed E-state index contributed by atoms with van der Waals surface area (Å²) in [5.41, 5.74) is 3.08. The van der Waals surface area contributed by atoms with E-state index >= 15 is 0 Å². The monoisotopic (exact) mass is 398 g/mol. The summed E-state index contributed by atoms with van der Waals surface area (Å²) in [6, 6.07) is 7.49. The molecule has 0 fully saturated rings. The number of nitrogens with zero attached hydrogens (tertiary/aromatic N) is 3. The van der Waals surface area contributed by atoms with Gasteiger partial charge in [-0.1, -0.05) is 24.3 Å². The molecule has 3 aromatic rings. The van der Waals surface area contributed by atoms with E-state index in [4.69, 9.17) is 4.74 Å². The smallest absolute Gasteiger partial charge is 0.341 e. The molecule has 8 heteroatoms. The SMILES string of the molecule is CCOC(=O)c1c(NC(=O)Cn2nnc3ccccc32)sc2c1CC[C@@H](C)C2. The van der Waals surface area contributed by atoms with Gasteiger partial charge >= 0.3 is 5.97 Å². The number of rotatable bonds is 5. The molecule has 146 valence electrons. The molecule has 2 aromatic heterocycles. The van der Waals surface area contributed by atoms with Crippen LogP contribution in [0.4, 0.5) is 5.00 Å². The Labute approximate surface area is 166 Å². The molecular formula is C20H22N4O3S. The van der Waals surface area contributed by atoms with E-state index in [9.17, 15) is 9.59 Å². The van der Waals surface area contributed by atoms with Gasteiger partial charge in [-0.3, -0.25) is 4.79 Å². The number of esters is 1. The average Bonchev–Trinajstić information content (AvgIpc) is 3.22. The fraction of sp³-hybridized carbons (Fsp3) is 0.400. The number of benzene rings is 1. The van der Waals surface area contributed by atoms with E-state index in [-0.39, 0.29) is 18.4 Å². The molecule has 1 amide bonds. The summed E-state index contributed by atoms with van der Waals surface area (Å²) in [7, 11) is 0. The summed E-state index contributed by atoms with van der Waals surface area (Å²) in [6.07, 6.45) is 2.80. The maximum absolute atomic E-state index is 12.7. The highest BCUT2D eigenvalue weighted by molar-refractivity contribution is 7.17. The van der Waals surface area contributed by atoms with Gasteiger partial charge in [0.15, 0.2) is 0 Å². The first-order chi connectivity index (χ1) is 13.6. The number of nitrogens with one attached hydrogen (secondary N) is 1. The molecule has 0 saturated heterocycles. The van der Waals surface area contributed by atoms with Crippen LogP contribution < -0.4 is 5.32 Å². The van der Waals surface area contributed by atoms with E-state index in [0.717, 1.165) is 35.9 Å². The number of anilines is 1. The average molecular weight is 398 g/mol. The molecule has 0 aliphatic heterocycles. The van der Waals surface area contributed by atoms with Gasteiger partial charge in [0.25, 0.3) is 0 Å². The second kappa shape index (κ2) is 7.71. The molecule has 4 rings (SSSR count). The van der Waals surface area contributed by atoms with Gasteiger partial charge in [-0.15, -0.1) is 16.4 Å². The molecule has 1 aromatic carbocycles. The van der Waals surface area contributed by atoms with Gasteiger partial charge in [-0.2, -0.15) is 0 Å². The molecule has 0 radical (unpaired) electrons. The maximum atomic E-state index is 12.7. The van der Waals surface area contributed by atoms with Crippen LogP contribution in [0, 0.1) is 5.92 Å². The lowest BCUT2D eigenvalue weighted by atomic mass is 9.88. The summed E-state index contributed by atoms with van der Waals surface area (Å²) < 4.78 is 6.81. The Hall–Kier alpha value is -2.74. The Morgan fingerprint density at radius 3 is 3.00 bits per heavy atom. The topological polar surface area (TPSA) is 86.1 Å². The number of para-hydroxylation sites is 1. The second-order valence-corrected chi connectivity index (χ2v) is 8.17. The summed E-state index contributed by atoms with van der Waals surface area (Å²) in [5, 5.41) is 11.6. The van der Waals surface area contributed by atoms with Crippen LogP contribution in [0.3, 0.4) is 0 Å². The molecule has 2 heterocycles. The van der Waals surface area contributed by atoms with Gasteiger partial charge in [0.2, 0.25) is 5.91 Å². The van der Waals surface area contributed by atoms with E-state index in [1.807, 2.05) is 24.3 Å². The third-order valence-electron chi connectivity index (χ3n) is 4.96. The minimum absolute atomic E-state index is 0.0295. The zero-order chi connectivity index (χ0) is 19.7. The van der Waals surface area contributed by atoms with Crippen molar-refractivity contribution in [2.75, 3.05) is 11.9 Å². The third-order valence-corrected chi connectivity index (χ3v) is 6.13. The number of hydrogen-bond acceptors (Lipinski definition) is 6. The van der Waals surface area contributed by atoms with Gasteiger partial charge < -0.3 is 10.1 Å². The summed E-state index contributed by atoms with van der Waals surface area (Å²) in [5.74, 6) is -0.0323. The molecule has 28 heavy (non-hydrogen) atoms. The highest BCUT2D eigenvalue weighted by atomic mass is 32.1. The van der Waals surface area contributed by atoms with Crippen molar-refractivity contribution >= 4 is 39.2 Å². The molecule has 1 aliphatic carbocycles. The van der Waals surface area contributed by atoms with Gasteiger partial charge in [-0.05, 0) is 49.8 Å². The normalized spacial score (nSPS) is 16.0. The van der Waals surface area contributed by atoms with Crippen molar-refractivity contribution in [3.63, 3.8) is 0 Å². The summed E-state index contributed by atoms with van der Waals surface area (Å²) in [6.45, 7) is 4.33. The van der Waals surface area contributed by atoms with Crippen molar-refractivity contribution in [3.8, 4) is 0 Å². The van der Waals surface area contributed by atoms with Crippen LogP contribution in [0.15, 0.2) is 24.3 Å². The number of aromatic nitrogens is 3. The van der Waals surface area contributed by atoms with Crippen LogP contribution in [0.1, 0.15) is 41.1 Å². The Balaban J connectivity index is 1.59. The largest absolute Gasteiger partial charge is 0.462 e. The van der Waals surface area contributed by atoms with Crippen LogP contribution in [0.2, 0.25) is 0 Å². The van der Waals surface area contributed by atoms with E-state index < -0.39 is 0 Å².